The van der Waals surface area contributed by atoms with Crippen molar-refractivity contribution in [3.8, 4) is 22.7 Å². The van der Waals surface area contributed by atoms with E-state index < -0.39 is 11.5 Å². The Hall–Kier alpha value is -4.21. The summed E-state index contributed by atoms with van der Waals surface area (Å²) in [5.41, 5.74) is 3.73. The maximum atomic E-state index is 15.6. The summed E-state index contributed by atoms with van der Waals surface area (Å²) in [6.45, 7) is 1.76. The molecule has 1 aromatic carbocycles. The minimum Gasteiger partial charge on any atom is -0.496 e. The lowest BCUT2D eigenvalue weighted by Crippen LogP contribution is -2.30. The van der Waals surface area contributed by atoms with Crippen LogP contribution in [0.3, 0.4) is 0 Å². The maximum Gasteiger partial charge on any atom is 0.334 e. The first-order chi connectivity index (χ1) is 17.5. The second-order valence-corrected chi connectivity index (χ2v) is 9.19. The zero-order valence-corrected chi connectivity index (χ0v) is 20.4. The van der Waals surface area contributed by atoms with E-state index in [-0.39, 0.29) is 5.82 Å². The van der Waals surface area contributed by atoms with Crippen LogP contribution in [0.4, 0.5) is 10.1 Å². The van der Waals surface area contributed by atoms with Gasteiger partial charge >= 0.3 is 5.69 Å². The Morgan fingerprint density at radius 1 is 1.00 bits per heavy atom. The molecule has 36 heavy (non-hydrogen) atoms. The van der Waals surface area contributed by atoms with Crippen LogP contribution in [-0.4, -0.2) is 49.1 Å². The molecule has 5 heterocycles. The van der Waals surface area contributed by atoms with Crippen molar-refractivity contribution >= 4 is 27.6 Å². The van der Waals surface area contributed by atoms with Crippen molar-refractivity contribution in [2.45, 2.75) is 19.3 Å². The summed E-state index contributed by atoms with van der Waals surface area (Å²) < 4.78 is 25.7. The highest BCUT2D eigenvalue weighted by Crippen LogP contribution is 2.36. The highest BCUT2D eigenvalue weighted by Gasteiger charge is 2.22. The number of aryl methyl sites for hydroxylation is 2. The number of aromatic nitrogens is 6. The number of ether oxygens (including phenoxy) is 1. The van der Waals surface area contributed by atoms with Crippen LogP contribution in [0.2, 0.25) is 0 Å². The molecule has 1 aliphatic rings. The van der Waals surface area contributed by atoms with Crippen LogP contribution >= 0.6 is 0 Å². The van der Waals surface area contributed by atoms with E-state index in [1.54, 1.807) is 37.4 Å². The summed E-state index contributed by atoms with van der Waals surface area (Å²) in [7, 11) is 5.09. The molecule has 0 unspecified atom stereocenters. The Morgan fingerprint density at radius 3 is 2.50 bits per heavy atom. The van der Waals surface area contributed by atoms with Gasteiger partial charge in [-0.15, -0.1) is 0 Å². The minimum atomic E-state index is -0.543. The number of imidazole rings is 1. The molecule has 0 amide bonds. The molecule has 6 rings (SSSR count). The Morgan fingerprint density at radius 2 is 1.81 bits per heavy atom. The van der Waals surface area contributed by atoms with Crippen molar-refractivity contribution in [3.63, 3.8) is 0 Å². The molecule has 1 fully saturated rings. The summed E-state index contributed by atoms with van der Waals surface area (Å²) in [4.78, 5) is 24.6. The highest BCUT2D eigenvalue weighted by molar-refractivity contribution is 6.05. The predicted octanol–water partition coefficient (Wildman–Crippen LogP) is 3.81. The molecule has 0 radical (unpaired) electrons. The fourth-order valence-electron chi connectivity index (χ4n) is 5.09. The number of piperidine rings is 1. The molecule has 10 heteroatoms. The predicted molar refractivity (Wildman–Crippen MR) is 136 cm³/mol. The quantitative estimate of drug-likeness (QED) is 0.383. The van der Waals surface area contributed by atoms with Crippen LogP contribution in [-0.2, 0) is 14.1 Å². The lowest BCUT2D eigenvalue weighted by molar-refractivity contribution is 0.417. The first-order valence-electron chi connectivity index (χ1n) is 11.9. The SMILES string of the molecule is COc1cc2ncc3c(c2cc1-c1cnn(C)c1)n(-c1ncc(N2CCCCC2)cc1F)c(=O)n3C. The summed E-state index contributed by atoms with van der Waals surface area (Å²) in [5, 5.41) is 4.96. The largest absolute Gasteiger partial charge is 0.496 e. The number of hydrogen-bond acceptors (Lipinski definition) is 6. The number of pyridine rings is 2. The molecule has 4 aromatic heterocycles. The number of hydrogen-bond donors (Lipinski definition) is 0. The van der Waals surface area contributed by atoms with Gasteiger partial charge in [-0.25, -0.2) is 18.7 Å². The molecule has 0 bridgehead atoms. The highest BCUT2D eigenvalue weighted by atomic mass is 19.1. The number of fused-ring (bicyclic) bond motifs is 3. The fraction of sp³-hybridized carbons (Fsp3) is 0.308. The number of halogens is 1. The molecule has 1 aliphatic heterocycles. The third-order valence-electron chi connectivity index (χ3n) is 6.96. The van der Waals surface area contributed by atoms with E-state index in [0.717, 1.165) is 42.7 Å². The number of methoxy groups -OCH3 is 1. The second kappa shape index (κ2) is 8.47. The Kier molecular flexibility index (Phi) is 5.24. The Labute approximate surface area is 206 Å². The monoisotopic (exact) mass is 487 g/mol. The van der Waals surface area contributed by atoms with E-state index in [2.05, 4.69) is 20.0 Å². The van der Waals surface area contributed by atoms with Crippen LogP contribution in [0.15, 0.2) is 47.8 Å². The zero-order chi connectivity index (χ0) is 25.0. The maximum absolute atomic E-state index is 15.6. The Bertz CT molecular complexity index is 1680. The van der Waals surface area contributed by atoms with Crippen LogP contribution in [0.1, 0.15) is 19.3 Å². The first kappa shape index (κ1) is 22.3. The van der Waals surface area contributed by atoms with Crippen molar-refractivity contribution in [2.24, 2.45) is 14.1 Å². The third-order valence-corrected chi connectivity index (χ3v) is 6.96. The lowest BCUT2D eigenvalue weighted by Gasteiger charge is -2.28. The van der Waals surface area contributed by atoms with Gasteiger partial charge in [-0.2, -0.15) is 5.10 Å². The number of rotatable bonds is 4. The van der Waals surface area contributed by atoms with Gasteiger partial charge in [0.05, 0.1) is 47.9 Å². The van der Waals surface area contributed by atoms with Crippen molar-refractivity contribution in [1.29, 1.82) is 0 Å². The van der Waals surface area contributed by atoms with Crippen LogP contribution in [0, 0.1) is 5.82 Å². The molecule has 184 valence electrons. The van der Waals surface area contributed by atoms with E-state index >= 15 is 4.39 Å². The molecule has 0 atom stereocenters. The van der Waals surface area contributed by atoms with Crippen LogP contribution in [0.25, 0.3) is 38.9 Å². The van der Waals surface area contributed by atoms with Gasteiger partial charge in [0.15, 0.2) is 11.6 Å². The number of benzene rings is 1. The average Bonchev–Trinajstić information content (AvgIpc) is 3.44. The standard InChI is InChI=1S/C26H26FN7O2/c1-31-15-16(12-30-31)18-10-19-21(11-23(18)36-3)28-14-22-24(19)34(26(35)32(22)2)25-20(27)9-17(13-29-25)33-7-5-4-6-8-33/h9-15H,4-8H2,1-3H3. The van der Waals surface area contributed by atoms with Crippen molar-refractivity contribution in [3.05, 3.63) is 59.3 Å². The van der Waals surface area contributed by atoms with Gasteiger partial charge in [0, 0.05) is 62.0 Å². The topological polar surface area (TPSA) is 83.0 Å². The molecule has 5 aromatic rings. The van der Waals surface area contributed by atoms with Gasteiger partial charge in [0.25, 0.3) is 0 Å². The molecular weight excluding hydrogens is 461 g/mol. The van der Waals surface area contributed by atoms with Crippen LogP contribution < -0.4 is 15.3 Å². The first-order valence-corrected chi connectivity index (χ1v) is 11.9. The fourth-order valence-corrected chi connectivity index (χ4v) is 5.09. The second-order valence-electron chi connectivity index (χ2n) is 9.19. The van der Waals surface area contributed by atoms with E-state index in [4.69, 9.17) is 4.74 Å². The molecule has 0 aliphatic carbocycles. The van der Waals surface area contributed by atoms with Crippen molar-refractivity contribution < 1.29 is 9.13 Å². The van der Waals surface area contributed by atoms with Crippen LogP contribution in [0.5, 0.6) is 5.75 Å². The van der Waals surface area contributed by atoms with Gasteiger partial charge in [0.1, 0.15) is 5.75 Å². The van der Waals surface area contributed by atoms with E-state index in [1.165, 1.54) is 21.6 Å². The van der Waals surface area contributed by atoms with Gasteiger partial charge in [-0.05, 0) is 25.3 Å². The molecular formula is C26H26FN7O2. The molecule has 0 spiro atoms. The number of nitrogens with zero attached hydrogens (tertiary/aromatic N) is 7. The normalized spacial score (nSPS) is 14.2. The third kappa shape index (κ3) is 3.43. The summed E-state index contributed by atoms with van der Waals surface area (Å²) in [5.74, 6) is 0.0543. The summed E-state index contributed by atoms with van der Waals surface area (Å²) in [6, 6.07) is 5.21. The van der Waals surface area contributed by atoms with E-state index in [0.29, 0.717) is 27.7 Å². The molecule has 0 saturated carbocycles. The van der Waals surface area contributed by atoms with Crippen molar-refractivity contribution in [2.75, 3.05) is 25.1 Å². The van der Waals surface area contributed by atoms with E-state index in [9.17, 15) is 4.79 Å². The Balaban J connectivity index is 1.60. The molecule has 0 N–H and O–H groups in total. The smallest absolute Gasteiger partial charge is 0.334 e. The zero-order valence-electron chi connectivity index (χ0n) is 20.4. The lowest BCUT2D eigenvalue weighted by atomic mass is 10.0. The molecule has 1 saturated heterocycles. The minimum absolute atomic E-state index is 0.0300. The number of anilines is 1. The summed E-state index contributed by atoms with van der Waals surface area (Å²) >= 11 is 0. The molecule has 9 nitrogen and oxygen atoms in total. The van der Waals surface area contributed by atoms with Gasteiger partial charge in [-0.1, -0.05) is 0 Å². The van der Waals surface area contributed by atoms with Gasteiger partial charge in [0.2, 0.25) is 0 Å². The summed E-state index contributed by atoms with van der Waals surface area (Å²) in [6.07, 6.45) is 10.2. The van der Waals surface area contributed by atoms with E-state index in [1.807, 2.05) is 25.4 Å². The van der Waals surface area contributed by atoms with Gasteiger partial charge < -0.3 is 9.64 Å². The van der Waals surface area contributed by atoms with Gasteiger partial charge in [-0.3, -0.25) is 14.2 Å². The van der Waals surface area contributed by atoms with Crippen molar-refractivity contribution in [1.82, 2.24) is 28.9 Å². The average molecular weight is 488 g/mol.